The quantitative estimate of drug-likeness (QED) is 0.260. The van der Waals surface area contributed by atoms with Crippen LogP contribution in [0.3, 0.4) is 0 Å². The molecule has 2 aromatic rings. The molecule has 1 aliphatic rings. The standard InChI is InChI=1S/C26H34FN3O4S2/c1-18(31)30-36(33,34)25-10-6-5-9-22(25)20-11-12-21(24(27)15-20)16-28-13-14-29-26(32)23(17-35)19-7-3-2-4-8-19/h5-6,9-12,15,19,23,28,35H,2-4,7-8,13-14,16-17H2,1H3,(H,29,32)(H,30,31)/t23-/m0/s1. The fraction of sp³-hybridized carbons (Fsp3) is 0.462. The molecule has 0 radical (unpaired) electrons. The number of amides is 2. The number of rotatable bonds is 11. The summed E-state index contributed by atoms with van der Waals surface area (Å²) < 4.78 is 41.8. The van der Waals surface area contributed by atoms with Gasteiger partial charge in [0.1, 0.15) is 5.82 Å². The largest absolute Gasteiger partial charge is 0.355 e. The van der Waals surface area contributed by atoms with E-state index < -0.39 is 21.7 Å². The van der Waals surface area contributed by atoms with Crippen molar-refractivity contribution in [2.24, 2.45) is 11.8 Å². The van der Waals surface area contributed by atoms with Gasteiger partial charge in [0.2, 0.25) is 11.8 Å². The molecule has 3 N–H and O–H groups in total. The van der Waals surface area contributed by atoms with E-state index in [1.165, 1.54) is 31.4 Å². The summed E-state index contributed by atoms with van der Waals surface area (Å²) in [5.74, 6) is -0.295. The van der Waals surface area contributed by atoms with Crippen LogP contribution >= 0.6 is 12.6 Å². The molecular formula is C26H34FN3O4S2. The van der Waals surface area contributed by atoms with Crippen LogP contribution in [0.25, 0.3) is 11.1 Å². The molecule has 1 fully saturated rings. The number of sulfonamides is 1. The SMILES string of the molecule is CC(=O)NS(=O)(=O)c1ccccc1-c1ccc(CNCCNC(=O)[C@@H](CS)C2CCCCC2)c(F)c1. The molecular weight excluding hydrogens is 501 g/mol. The molecule has 0 saturated heterocycles. The van der Waals surface area contributed by atoms with E-state index in [9.17, 15) is 22.4 Å². The van der Waals surface area contributed by atoms with Crippen LogP contribution in [0.5, 0.6) is 0 Å². The summed E-state index contributed by atoms with van der Waals surface area (Å²) in [5, 5.41) is 6.10. The number of carbonyl (C=O) groups is 2. The topological polar surface area (TPSA) is 104 Å². The van der Waals surface area contributed by atoms with Crippen LogP contribution in [-0.4, -0.2) is 39.1 Å². The van der Waals surface area contributed by atoms with Crippen LogP contribution in [0.1, 0.15) is 44.6 Å². The van der Waals surface area contributed by atoms with Crippen molar-refractivity contribution in [1.82, 2.24) is 15.4 Å². The van der Waals surface area contributed by atoms with Gasteiger partial charge in [0.25, 0.3) is 10.0 Å². The lowest BCUT2D eigenvalue weighted by atomic mass is 9.80. The third kappa shape index (κ3) is 7.54. The monoisotopic (exact) mass is 535 g/mol. The van der Waals surface area contributed by atoms with Crippen LogP contribution in [0.4, 0.5) is 4.39 Å². The lowest BCUT2D eigenvalue weighted by molar-refractivity contribution is -0.126. The molecule has 0 aliphatic heterocycles. The highest BCUT2D eigenvalue weighted by Gasteiger charge is 2.28. The molecule has 0 spiro atoms. The Morgan fingerprint density at radius 3 is 2.47 bits per heavy atom. The van der Waals surface area contributed by atoms with Gasteiger partial charge < -0.3 is 10.6 Å². The summed E-state index contributed by atoms with van der Waals surface area (Å²) >= 11 is 4.39. The van der Waals surface area contributed by atoms with Gasteiger partial charge in [-0.2, -0.15) is 12.6 Å². The highest BCUT2D eigenvalue weighted by molar-refractivity contribution is 7.90. The molecule has 7 nitrogen and oxygen atoms in total. The van der Waals surface area contributed by atoms with Gasteiger partial charge in [-0.1, -0.05) is 49.6 Å². The first-order chi connectivity index (χ1) is 17.2. The Kier molecular flexibility index (Phi) is 10.3. The summed E-state index contributed by atoms with van der Waals surface area (Å²) in [7, 11) is -4.08. The number of halogens is 1. The zero-order valence-electron chi connectivity index (χ0n) is 20.4. The van der Waals surface area contributed by atoms with Crippen molar-refractivity contribution >= 4 is 34.5 Å². The molecule has 3 rings (SSSR count). The minimum Gasteiger partial charge on any atom is -0.355 e. The van der Waals surface area contributed by atoms with Gasteiger partial charge in [-0.05, 0) is 36.5 Å². The molecule has 0 bridgehead atoms. The second-order valence-electron chi connectivity index (χ2n) is 9.12. The maximum atomic E-state index is 14.8. The number of hydrogen-bond donors (Lipinski definition) is 4. The molecule has 1 atom stereocenters. The normalized spacial score (nSPS) is 15.3. The fourth-order valence-electron chi connectivity index (χ4n) is 4.65. The molecule has 1 saturated carbocycles. The third-order valence-corrected chi connectivity index (χ3v) is 8.37. The lowest BCUT2D eigenvalue weighted by Crippen LogP contribution is -2.39. The number of hydrogen-bond acceptors (Lipinski definition) is 6. The number of benzene rings is 2. The first-order valence-corrected chi connectivity index (χ1v) is 14.3. The van der Waals surface area contributed by atoms with Crippen molar-refractivity contribution in [2.45, 2.75) is 50.5 Å². The van der Waals surface area contributed by atoms with Crippen molar-refractivity contribution in [3.05, 3.63) is 53.8 Å². The van der Waals surface area contributed by atoms with Gasteiger partial charge in [0.15, 0.2) is 0 Å². The van der Waals surface area contributed by atoms with Crippen LogP contribution in [-0.2, 0) is 26.2 Å². The number of nitrogens with one attached hydrogen (secondary N) is 3. The van der Waals surface area contributed by atoms with Gasteiger partial charge in [-0.25, -0.2) is 17.5 Å². The minimum atomic E-state index is -4.08. The van der Waals surface area contributed by atoms with Crippen LogP contribution in [0.2, 0.25) is 0 Å². The molecule has 1 aliphatic carbocycles. The summed E-state index contributed by atoms with van der Waals surface area (Å²) in [6, 6.07) is 10.6. The van der Waals surface area contributed by atoms with Crippen molar-refractivity contribution in [3.8, 4) is 11.1 Å². The molecule has 2 aromatic carbocycles. The summed E-state index contributed by atoms with van der Waals surface area (Å²) in [5.41, 5.74) is 1.10. The van der Waals surface area contributed by atoms with Crippen molar-refractivity contribution < 1.29 is 22.4 Å². The molecule has 10 heteroatoms. The zero-order valence-corrected chi connectivity index (χ0v) is 22.1. The van der Waals surface area contributed by atoms with E-state index in [2.05, 4.69) is 23.3 Å². The average molecular weight is 536 g/mol. The van der Waals surface area contributed by atoms with E-state index >= 15 is 0 Å². The molecule has 0 aromatic heterocycles. The molecule has 2 amide bonds. The Morgan fingerprint density at radius 2 is 1.81 bits per heavy atom. The molecule has 196 valence electrons. The van der Waals surface area contributed by atoms with Gasteiger partial charge in [-0.15, -0.1) is 0 Å². The van der Waals surface area contributed by atoms with E-state index in [1.54, 1.807) is 30.3 Å². The highest BCUT2D eigenvalue weighted by atomic mass is 32.2. The Hall–Kier alpha value is -2.43. The van der Waals surface area contributed by atoms with E-state index in [0.29, 0.717) is 41.5 Å². The number of thiol groups is 1. The number of carbonyl (C=O) groups excluding carboxylic acids is 2. The van der Waals surface area contributed by atoms with E-state index in [4.69, 9.17) is 0 Å². The van der Waals surface area contributed by atoms with Crippen molar-refractivity contribution in [3.63, 3.8) is 0 Å². The van der Waals surface area contributed by atoms with Crippen LogP contribution in [0.15, 0.2) is 47.4 Å². The van der Waals surface area contributed by atoms with Crippen LogP contribution < -0.4 is 15.4 Å². The molecule has 0 heterocycles. The minimum absolute atomic E-state index is 0.0297. The predicted molar refractivity (Wildman–Crippen MR) is 141 cm³/mol. The maximum Gasteiger partial charge on any atom is 0.264 e. The van der Waals surface area contributed by atoms with Gasteiger partial charge in [0, 0.05) is 49.4 Å². The maximum absolute atomic E-state index is 14.8. The second-order valence-corrected chi connectivity index (χ2v) is 11.1. The molecule has 36 heavy (non-hydrogen) atoms. The smallest absolute Gasteiger partial charge is 0.264 e. The van der Waals surface area contributed by atoms with E-state index in [-0.39, 0.29) is 23.3 Å². The van der Waals surface area contributed by atoms with Gasteiger partial charge >= 0.3 is 0 Å². The first kappa shape index (κ1) is 28.1. The summed E-state index contributed by atoms with van der Waals surface area (Å²) in [6.45, 7) is 2.29. The lowest BCUT2D eigenvalue weighted by Gasteiger charge is -2.28. The Labute approximate surface area is 218 Å². The Balaban J connectivity index is 1.56. The first-order valence-electron chi connectivity index (χ1n) is 12.2. The highest BCUT2D eigenvalue weighted by Crippen LogP contribution is 2.31. The third-order valence-electron chi connectivity index (χ3n) is 6.49. The Bertz CT molecular complexity index is 1170. The van der Waals surface area contributed by atoms with Crippen molar-refractivity contribution in [1.29, 1.82) is 0 Å². The fourth-order valence-corrected chi connectivity index (χ4v) is 6.34. The summed E-state index contributed by atoms with van der Waals surface area (Å²) in [4.78, 5) is 23.8. The molecule has 0 unspecified atom stereocenters. The zero-order chi connectivity index (χ0) is 26.1. The summed E-state index contributed by atoms with van der Waals surface area (Å²) in [6.07, 6.45) is 5.74. The second kappa shape index (κ2) is 13.2. The van der Waals surface area contributed by atoms with E-state index in [1.807, 2.05) is 4.72 Å². The van der Waals surface area contributed by atoms with Crippen LogP contribution in [0, 0.1) is 17.7 Å². The Morgan fingerprint density at radius 1 is 1.08 bits per heavy atom. The van der Waals surface area contributed by atoms with Gasteiger partial charge in [-0.3, -0.25) is 9.59 Å². The van der Waals surface area contributed by atoms with Crippen molar-refractivity contribution in [2.75, 3.05) is 18.8 Å². The predicted octanol–water partition coefficient (Wildman–Crippen LogP) is 3.65. The van der Waals surface area contributed by atoms with E-state index in [0.717, 1.165) is 19.8 Å². The van der Waals surface area contributed by atoms with Gasteiger partial charge in [0.05, 0.1) is 4.90 Å². The average Bonchev–Trinajstić information content (AvgIpc) is 2.85.